The van der Waals surface area contributed by atoms with E-state index in [0.29, 0.717) is 0 Å². The Morgan fingerprint density at radius 1 is 1.05 bits per heavy atom. The van der Waals surface area contributed by atoms with Crippen molar-refractivity contribution in [2.24, 2.45) is 0 Å². The standard InChI is InChI=1S/C15H10INOS/c16-11-6-2-3-7-12(11)17-15(18)14-9-10-5-1-4-8-13(10)19-14/h1-9H,(H,17,18). The van der Waals surface area contributed by atoms with Gasteiger partial charge in [0.2, 0.25) is 0 Å². The van der Waals surface area contributed by atoms with Gasteiger partial charge in [0, 0.05) is 8.27 Å². The van der Waals surface area contributed by atoms with Crippen LogP contribution in [-0.2, 0) is 0 Å². The maximum Gasteiger partial charge on any atom is 0.265 e. The van der Waals surface area contributed by atoms with Gasteiger partial charge < -0.3 is 5.32 Å². The predicted molar refractivity (Wildman–Crippen MR) is 88.9 cm³/mol. The summed E-state index contributed by atoms with van der Waals surface area (Å²) in [6.45, 7) is 0. The molecule has 0 fully saturated rings. The summed E-state index contributed by atoms with van der Waals surface area (Å²) in [6.07, 6.45) is 0. The van der Waals surface area contributed by atoms with Crippen LogP contribution in [0.5, 0.6) is 0 Å². The summed E-state index contributed by atoms with van der Waals surface area (Å²) in [5.74, 6) is -0.0506. The highest BCUT2D eigenvalue weighted by Crippen LogP contribution is 2.26. The first-order valence-electron chi connectivity index (χ1n) is 5.78. The summed E-state index contributed by atoms with van der Waals surface area (Å²) in [5.41, 5.74) is 0.852. The Labute approximate surface area is 128 Å². The monoisotopic (exact) mass is 379 g/mol. The molecule has 0 aliphatic rings. The fourth-order valence-corrected chi connectivity index (χ4v) is 3.32. The van der Waals surface area contributed by atoms with Crippen LogP contribution >= 0.6 is 33.9 Å². The summed E-state index contributed by atoms with van der Waals surface area (Å²) in [6, 6.07) is 17.7. The lowest BCUT2D eigenvalue weighted by Crippen LogP contribution is -2.10. The number of fused-ring (bicyclic) bond motifs is 1. The average Bonchev–Trinajstić information content (AvgIpc) is 2.85. The molecule has 0 unspecified atom stereocenters. The van der Waals surface area contributed by atoms with E-state index >= 15 is 0 Å². The number of anilines is 1. The first kappa shape index (κ1) is 12.6. The minimum atomic E-state index is -0.0506. The van der Waals surface area contributed by atoms with Crippen LogP contribution in [0.15, 0.2) is 54.6 Å². The molecule has 1 amide bonds. The van der Waals surface area contributed by atoms with Crippen molar-refractivity contribution in [3.8, 4) is 0 Å². The van der Waals surface area contributed by atoms with Crippen molar-refractivity contribution in [1.82, 2.24) is 0 Å². The molecule has 2 aromatic carbocycles. The van der Waals surface area contributed by atoms with E-state index in [1.807, 2.05) is 54.6 Å². The van der Waals surface area contributed by atoms with Crippen molar-refractivity contribution < 1.29 is 4.79 Å². The topological polar surface area (TPSA) is 29.1 Å². The molecule has 19 heavy (non-hydrogen) atoms. The number of amides is 1. The number of rotatable bonds is 2. The van der Waals surface area contributed by atoms with Crippen molar-refractivity contribution in [2.45, 2.75) is 0 Å². The van der Waals surface area contributed by atoms with Crippen molar-refractivity contribution in [1.29, 1.82) is 0 Å². The van der Waals surface area contributed by atoms with E-state index in [9.17, 15) is 4.79 Å². The molecule has 1 aromatic heterocycles. The number of carbonyl (C=O) groups is 1. The number of halogens is 1. The van der Waals surface area contributed by atoms with Gasteiger partial charge in [-0.25, -0.2) is 0 Å². The molecule has 0 atom stereocenters. The smallest absolute Gasteiger partial charge is 0.265 e. The SMILES string of the molecule is O=C(Nc1ccccc1I)c1cc2ccccc2s1. The molecular weight excluding hydrogens is 369 g/mol. The van der Waals surface area contributed by atoms with E-state index < -0.39 is 0 Å². The Hall–Kier alpha value is -1.40. The molecule has 3 aromatic rings. The van der Waals surface area contributed by atoms with Crippen LogP contribution in [0.1, 0.15) is 9.67 Å². The number of benzene rings is 2. The largest absolute Gasteiger partial charge is 0.320 e. The zero-order chi connectivity index (χ0) is 13.2. The Balaban J connectivity index is 1.90. The third kappa shape index (κ3) is 2.64. The van der Waals surface area contributed by atoms with Gasteiger partial charge in [-0.05, 0) is 52.2 Å². The molecule has 94 valence electrons. The van der Waals surface area contributed by atoms with Crippen LogP contribution in [0.3, 0.4) is 0 Å². The maximum atomic E-state index is 12.2. The van der Waals surface area contributed by atoms with E-state index in [0.717, 1.165) is 24.2 Å². The summed E-state index contributed by atoms with van der Waals surface area (Å²) >= 11 is 3.73. The summed E-state index contributed by atoms with van der Waals surface area (Å²) in [4.78, 5) is 13.0. The molecule has 0 aliphatic heterocycles. The molecule has 2 nitrogen and oxygen atoms in total. The molecule has 0 aliphatic carbocycles. The van der Waals surface area contributed by atoms with E-state index in [1.54, 1.807) is 0 Å². The Morgan fingerprint density at radius 2 is 1.79 bits per heavy atom. The third-order valence-electron chi connectivity index (χ3n) is 2.77. The molecule has 4 heteroatoms. The van der Waals surface area contributed by atoms with Crippen molar-refractivity contribution in [3.63, 3.8) is 0 Å². The van der Waals surface area contributed by atoms with E-state index in [-0.39, 0.29) is 5.91 Å². The fraction of sp³-hybridized carbons (Fsp3) is 0. The van der Waals surface area contributed by atoms with Gasteiger partial charge in [0.1, 0.15) is 0 Å². The molecule has 0 spiro atoms. The number of carbonyl (C=O) groups excluding carboxylic acids is 1. The van der Waals surface area contributed by atoms with E-state index in [1.165, 1.54) is 11.3 Å². The van der Waals surface area contributed by atoms with Crippen molar-refractivity contribution >= 4 is 55.6 Å². The second-order valence-corrected chi connectivity index (χ2v) is 6.33. The first-order chi connectivity index (χ1) is 9.24. The summed E-state index contributed by atoms with van der Waals surface area (Å²) in [7, 11) is 0. The Kier molecular flexibility index (Phi) is 3.52. The number of para-hydroxylation sites is 1. The minimum absolute atomic E-state index is 0.0506. The molecule has 0 saturated heterocycles. The molecule has 0 bridgehead atoms. The first-order valence-corrected chi connectivity index (χ1v) is 7.68. The van der Waals surface area contributed by atoms with Gasteiger partial charge >= 0.3 is 0 Å². The van der Waals surface area contributed by atoms with Gasteiger partial charge in [-0.15, -0.1) is 11.3 Å². The normalized spacial score (nSPS) is 10.6. The summed E-state index contributed by atoms with van der Waals surface area (Å²) < 4.78 is 2.17. The molecule has 3 rings (SSSR count). The second-order valence-electron chi connectivity index (χ2n) is 4.08. The molecular formula is C15H10INOS. The van der Waals surface area contributed by atoms with Crippen LogP contribution in [0.25, 0.3) is 10.1 Å². The number of hydrogen-bond acceptors (Lipinski definition) is 2. The average molecular weight is 379 g/mol. The quantitative estimate of drug-likeness (QED) is 0.640. The zero-order valence-corrected chi connectivity index (χ0v) is 12.9. The number of hydrogen-bond donors (Lipinski definition) is 1. The number of thiophene rings is 1. The third-order valence-corrected chi connectivity index (χ3v) is 4.83. The highest BCUT2D eigenvalue weighted by molar-refractivity contribution is 14.1. The maximum absolute atomic E-state index is 12.2. The predicted octanol–water partition coefficient (Wildman–Crippen LogP) is 4.76. The fourth-order valence-electron chi connectivity index (χ4n) is 1.84. The van der Waals surface area contributed by atoms with Gasteiger partial charge in [-0.1, -0.05) is 30.3 Å². The lowest BCUT2D eigenvalue weighted by molar-refractivity contribution is 0.103. The Morgan fingerprint density at radius 3 is 2.58 bits per heavy atom. The highest BCUT2D eigenvalue weighted by Gasteiger charge is 2.11. The molecule has 0 radical (unpaired) electrons. The van der Waals surface area contributed by atoms with Gasteiger partial charge in [-0.2, -0.15) is 0 Å². The zero-order valence-electron chi connectivity index (χ0n) is 9.89. The van der Waals surface area contributed by atoms with Crippen LogP contribution < -0.4 is 5.32 Å². The van der Waals surface area contributed by atoms with E-state index in [4.69, 9.17) is 0 Å². The summed E-state index contributed by atoms with van der Waals surface area (Å²) in [5, 5.41) is 4.06. The lowest BCUT2D eigenvalue weighted by Gasteiger charge is -2.05. The van der Waals surface area contributed by atoms with Gasteiger partial charge in [0.15, 0.2) is 0 Å². The highest BCUT2D eigenvalue weighted by atomic mass is 127. The molecule has 1 heterocycles. The van der Waals surface area contributed by atoms with Crippen LogP contribution in [0.2, 0.25) is 0 Å². The van der Waals surface area contributed by atoms with Crippen LogP contribution in [-0.4, -0.2) is 5.91 Å². The van der Waals surface area contributed by atoms with Gasteiger partial charge in [0.25, 0.3) is 5.91 Å². The van der Waals surface area contributed by atoms with Gasteiger partial charge in [-0.3, -0.25) is 4.79 Å². The molecule has 0 saturated carbocycles. The Bertz CT molecular complexity index is 717. The number of nitrogens with one attached hydrogen (secondary N) is 1. The molecule has 1 N–H and O–H groups in total. The van der Waals surface area contributed by atoms with Crippen LogP contribution in [0.4, 0.5) is 5.69 Å². The van der Waals surface area contributed by atoms with Gasteiger partial charge in [0.05, 0.1) is 10.6 Å². The minimum Gasteiger partial charge on any atom is -0.320 e. The second kappa shape index (κ2) is 5.30. The van der Waals surface area contributed by atoms with E-state index in [2.05, 4.69) is 27.9 Å². The van der Waals surface area contributed by atoms with Crippen molar-refractivity contribution in [2.75, 3.05) is 5.32 Å². The van der Waals surface area contributed by atoms with Crippen LogP contribution in [0, 0.1) is 3.57 Å². The van der Waals surface area contributed by atoms with Crippen molar-refractivity contribution in [3.05, 3.63) is 63.0 Å². The lowest BCUT2D eigenvalue weighted by atomic mass is 10.2.